The molecule has 2 rings (SSSR count). The number of aliphatic imine (C=N–C) groups is 1. The van der Waals surface area contributed by atoms with Gasteiger partial charge in [-0.1, -0.05) is 31.5 Å². The smallest absolute Gasteiger partial charge is 0.243 e. The molecule has 1 saturated carbocycles. The van der Waals surface area contributed by atoms with Crippen molar-refractivity contribution in [2.75, 3.05) is 24.7 Å². The number of nitrogens with one attached hydrogen (secondary N) is 3. The Kier molecular flexibility index (Phi) is 7.91. The van der Waals surface area contributed by atoms with E-state index in [1.54, 1.807) is 7.05 Å². The van der Waals surface area contributed by atoms with Gasteiger partial charge in [-0.25, -0.2) is 0 Å². The van der Waals surface area contributed by atoms with E-state index in [1.807, 2.05) is 37.3 Å². The Morgan fingerprint density at radius 3 is 2.72 bits per heavy atom. The zero-order valence-electron chi connectivity index (χ0n) is 15.0. The Morgan fingerprint density at radius 2 is 2.04 bits per heavy atom. The van der Waals surface area contributed by atoms with Crippen LogP contribution in [0, 0.1) is 0 Å². The van der Waals surface area contributed by atoms with Crippen LogP contribution in [0.15, 0.2) is 35.3 Å². The molecule has 0 saturated heterocycles. The molecule has 3 atom stereocenters. The van der Waals surface area contributed by atoms with E-state index in [1.165, 1.54) is 0 Å². The van der Waals surface area contributed by atoms with Crippen LogP contribution in [0.1, 0.15) is 32.6 Å². The first-order valence-corrected chi connectivity index (χ1v) is 10.2. The molecule has 6 nitrogen and oxygen atoms in total. The maximum atomic E-state index is 12.0. The van der Waals surface area contributed by atoms with E-state index in [9.17, 15) is 9.00 Å². The van der Waals surface area contributed by atoms with E-state index < -0.39 is 10.8 Å². The molecule has 3 N–H and O–H groups in total. The summed E-state index contributed by atoms with van der Waals surface area (Å²) in [5.41, 5.74) is 0.773. The maximum absolute atomic E-state index is 12.0. The Balaban J connectivity index is 1.78. The molecule has 7 heteroatoms. The highest BCUT2D eigenvalue weighted by atomic mass is 32.2. The molecular formula is C18H28N4O2S. The van der Waals surface area contributed by atoms with Gasteiger partial charge < -0.3 is 16.0 Å². The van der Waals surface area contributed by atoms with Gasteiger partial charge in [0.1, 0.15) is 0 Å². The maximum Gasteiger partial charge on any atom is 0.243 e. The molecule has 0 heterocycles. The number of nitrogens with zero attached hydrogens (tertiary/aromatic N) is 1. The van der Waals surface area contributed by atoms with Crippen molar-refractivity contribution in [2.45, 2.75) is 43.9 Å². The molecule has 0 spiro atoms. The van der Waals surface area contributed by atoms with Gasteiger partial charge >= 0.3 is 0 Å². The van der Waals surface area contributed by atoms with Crippen LogP contribution in [-0.2, 0) is 15.6 Å². The van der Waals surface area contributed by atoms with Gasteiger partial charge in [0.25, 0.3) is 0 Å². The fourth-order valence-electron chi connectivity index (χ4n) is 3.03. The predicted octanol–water partition coefficient (Wildman–Crippen LogP) is 1.87. The van der Waals surface area contributed by atoms with Gasteiger partial charge in [0.05, 0.1) is 6.54 Å². The lowest BCUT2D eigenvalue weighted by Crippen LogP contribution is -2.48. The first-order chi connectivity index (χ1) is 12.1. The number of anilines is 1. The molecule has 0 aromatic heterocycles. The van der Waals surface area contributed by atoms with Crippen LogP contribution in [0.3, 0.4) is 0 Å². The third-order valence-corrected chi connectivity index (χ3v) is 6.06. The lowest BCUT2D eigenvalue weighted by atomic mass is 9.95. The van der Waals surface area contributed by atoms with Gasteiger partial charge in [-0.15, -0.1) is 0 Å². The average molecular weight is 365 g/mol. The summed E-state index contributed by atoms with van der Waals surface area (Å²) in [6.45, 7) is 2.12. The number of carbonyl (C=O) groups excluding carboxylic acids is 1. The molecule has 0 bridgehead atoms. The highest BCUT2D eigenvalue weighted by molar-refractivity contribution is 7.85. The first kappa shape index (κ1) is 19.4. The second kappa shape index (κ2) is 10.2. The van der Waals surface area contributed by atoms with Gasteiger partial charge in [-0.05, 0) is 31.4 Å². The number of carbonyl (C=O) groups is 1. The summed E-state index contributed by atoms with van der Waals surface area (Å²) in [5, 5.41) is 9.49. The summed E-state index contributed by atoms with van der Waals surface area (Å²) in [7, 11) is 0.940. The molecule has 1 aromatic rings. The number of para-hydroxylation sites is 1. The third-order valence-electron chi connectivity index (χ3n) is 4.32. The van der Waals surface area contributed by atoms with Crippen LogP contribution in [0.25, 0.3) is 0 Å². The van der Waals surface area contributed by atoms with E-state index in [4.69, 9.17) is 0 Å². The molecule has 1 aromatic carbocycles. The highest BCUT2D eigenvalue weighted by Gasteiger charge is 2.26. The quantitative estimate of drug-likeness (QED) is 0.532. The molecule has 138 valence electrons. The van der Waals surface area contributed by atoms with Crippen molar-refractivity contribution in [1.29, 1.82) is 0 Å². The van der Waals surface area contributed by atoms with Crippen LogP contribution < -0.4 is 16.0 Å². The molecule has 1 fully saturated rings. The zero-order chi connectivity index (χ0) is 18.1. The molecular weight excluding hydrogens is 336 g/mol. The van der Waals surface area contributed by atoms with Crippen LogP contribution in [0.2, 0.25) is 0 Å². The first-order valence-electron chi connectivity index (χ1n) is 8.81. The second-order valence-electron chi connectivity index (χ2n) is 6.14. The molecule has 1 amide bonds. The van der Waals surface area contributed by atoms with Gasteiger partial charge in [-0.3, -0.25) is 14.0 Å². The molecule has 0 radical (unpaired) electrons. The Labute approximate surface area is 152 Å². The van der Waals surface area contributed by atoms with Gasteiger partial charge in [-0.2, -0.15) is 0 Å². The summed E-state index contributed by atoms with van der Waals surface area (Å²) < 4.78 is 12.0. The van der Waals surface area contributed by atoms with Crippen molar-refractivity contribution in [3.63, 3.8) is 0 Å². The van der Waals surface area contributed by atoms with Gasteiger partial charge in [0, 0.05) is 40.6 Å². The minimum absolute atomic E-state index is 0.122. The lowest BCUT2D eigenvalue weighted by Gasteiger charge is -2.30. The average Bonchev–Trinajstić information content (AvgIpc) is 2.65. The predicted molar refractivity (Wildman–Crippen MR) is 104 cm³/mol. The van der Waals surface area contributed by atoms with E-state index >= 15 is 0 Å². The van der Waals surface area contributed by atoms with Crippen molar-refractivity contribution in [3.8, 4) is 0 Å². The lowest BCUT2D eigenvalue weighted by molar-refractivity contribution is -0.115. The molecule has 1 aliphatic rings. The third kappa shape index (κ3) is 6.49. The fourth-order valence-corrected chi connectivity index (χ4v) is 4.38. The van der Waals surface area contributed by atoms with Crippen molar-refractivity contribution in [2.24, 2.45) is 4.99 Å². The number of amides is 1. The Hall–Kier alpha value is -1.89. The molecule has 1 aliphatic carbocycles. The number of hydrogen-bond donors (Lipinski definition) is 3. The summed E-state index contributed by atoms with van der Waals surface area (Å²) in [6.07, 6.45) is 4.02. The summed E-state index contributed by atoms with van der Waals surface area (Å²) >= 11 is 0. The van der Waals surface area contributed by atoms with Gasteiger partial charge in [0.2, 0.25) is 5.91 Å². The van der Waals surface area contributed by atoms with Crippen LogP contribution in [0.5, 0.6) is 0 Å². The number of rotatable bonds is 6. The Bertz CT molecular complexity index is 606. The number of guanidine groups is 1. The zero-order valence-corrected chi connectivity index (χ0v) is 15.8. The summed E-state index contributed by atoms with van der Waals surface area (Å²) in [4.78, 5) is 16.2. The van der Waals surface area contributed by atoms with Crippen molar-refractivity contribution >= 4 is 28.4 Å². The second-order valence-corrected chi connectivity index (χ2v) is 8.14. The largest absolute Gasteiger partial charge is 0.354 e. The van der Waals surface area contributed by atoms with E-state index in [-0.39, 0.29) is 23.7 Å². The highest BCUT2D eigenvalue weighted by Crippen LogP contribution is 2.22. The van der Waals surface area contributed by atoms with E-state index in [0.29, 0.717) is 11.7 Å². The summed E-state index contributed by atoms with van der Waals surface area (Å²) in [5.74, 6) is 1.20. The molecule has 0 aliphatic heterocycles. The minimum atomic E-state index is -0.749. The van der Waals surface area contributed by atoms with Crippen LogP contribution >= 0.6 is 0 Å². The standard InChI is InChI=1S/C18H28N4O2S/c1-3-25(24)16-11-7-10-15(12-16)22-18(19-2)20-13-17(23)21-14-8-5-4-6-9-14/h4-6,8-9,15-16H,3,7,10-13H2,1-2H3,(H,21,23)(H2,19,20,22). The summed E-state index contributed by atoms with van der Waals surface area (Å²) in [6, 6.07) is 9.61. The molecule has 3 unspecified atom stereocenters. The topological polar surface area (TPSA) is 82.6 Å². The molecule has 25 heavy (non-hydrogen) atoms. The van der Waals surface area contributed by atoms with E-state index in [2.05, 4.69) is 20.9 Å². The normalized spacial score (nSPS) is 22.1. The van der Waals surface area contributed by atoms with E-state index in [0.717, 1.165) is 31.4 Å². The SMILES string of the molecule is CCS(=O)C1CCCC(NC(=NC)NCC(=O)Nc2ccccc2)C1. The monoisotopic (exact) mass is 364 g/mol. The number of benzene rings is 1. The van der Waals surface area contributed by atoms with Crippen LogP contribution in [0.4, 0.5) is 5.69 Å². The Morgan fingerprint density at radius 1 is 1.28 bits per heavy atom. The van der Waals surface area contributed by atoms with Gasteiger partial charge in [0.15, 0.2) is 5.96 Å². The van der Waals surface area contributed by atoms with Crippen LogP contribution in [-0.4, -0.2) is 46.7 Å². The number of hydrogen-bond acceptors (Lipinski definition) is 3. The van der Waals surface area contributed by atoms with Crippen molar-refractivity contribution < 1.29 is 9.00 Å². The van der Waals surface area contributed by atoms with Crippen molar-refractivity contribution in [1.82, 2.24) is 10.6 Å². The van der Waals surface area contributed by atoms with Crippen molar-refractivity contribution in [3.05, 3.63) is 30.3 Å². The fraction of sp³-hybridized carbons (Fsp3) is 0.556. The minimum Gasteiger partial charge on any atom is -0.354 e.